The summed E-state index contributed by atoms with van der Waals surface area (Å²) in [6.07, 6.45) is 5.44. The van der Waals surface area contributed by atoms with Crippen LogP contribution in [0.4, 0.5) is 4.39 Å². The highest BCUT2D eigenvalue weighted by Gasteiger charge is 2.45. The summed E-state index contributed by atoms with van der Waals surface area (Å²) < 4.78 is 25.7. The highest BCUT2D eigenvalue weighted by atomic mass is 19.1. The van der Waals surface area contributed by atoms with E-state index in [2.05, 4.69) is 15.3 Å². The van der Waals surface area contributed by atoms with Gasteiger partial charge in [0.1, 0.15) is 40.6 Å². The van der Waals surface area contributed by atoms with Gasteiger partial charge in [-0.25, -0.2) is 9.37 Å². The number of nitrogens with one attached hydrogen (secondary N) is 1. The van der Waals surface area contributed by atoms with Crippen LogP contribution >= 0.6 is 0 Å². The summed E-state index contributed by atoms with van der Waals surface area (Å²) in [6, 6.07) is 16.2. The quantitative estimate of drug-likeness (QED) is 0.268. The Morgan fingerprint density at radius 1 is 1.12 bits per heavy atom. The third kappa shape index (κ3) is 5.53. The maximum absolute atomic E-state index is 13.7. The van der Waals surface area contributed by atoms with E-state index in [0.29, 0.717) is 33.9 Å². The molecule has 2 atom stereocenters. The summed E-state index contributed by atoms with van der Waals surface area (Å²) in [4.78, 5) is 34.5. The third-order valence-electron chi connectivity index (χ3n) is 7.93. The van der Waals surface area contributed by atoms with E-state index in [1.54, 1.807) is 49.6 Å². The minimum atomic E-state index is -1.66. The molecule has 0 spiro atoms. The largest absolute Gasteiger partial charge is 0.490 e. The Hall–Kier alpha value is -4.83. The summed E-state index contributed by atoms with van der Waals surface area (Å²) in [5.41, 5.74) is 6.58. The number of amides is 2. The molecule has 10 heteroatoms. The van der Waals surface area contributed by atoms with Crippen LogP contribution in [-0.2, 0) is 15.8 Å². The average Bonchev–Trinajstić information content (AvgIpc) is 3.76. The van der Waals surface area contributed by atoms with Crippen molar-refractivity contribution < 1.29 is 28.6 Å². The summed E-state index contributed by atoms with van der Waals surface area (Å²) in [6.45, 7) is 2.98. The van der Waals surface area contributed by atoms with Gasteiger partial charge in [-0.3, -0.25) is 14.6 Å². The van der Waals surface area contributed by atoms with Gasteiger partial charge in [0.15, 0.2) is 0 Å². The zero-order valence-corrected chi connectivity index (χ0v) is 23.8. The fourth-order valence-electron chi connectivity index (χ4n) is 5.01. The van der Waals surface area contributed by atoms with E-state index in [1.165, 1.54) is 19.1 Å². The first-order valence-electron chi connectivity index (χ1n) is 14.0. The number of aromatic nitrogens is 2. The molecule has 43 heavy (non-hydrogen) atoms. The highest BCUT2D eigenvalue weighted by Crippen LogP contribution is 2.45. The highest BCUT2D eigenvalue weighted by molar-refractivity contribution is 5.95. The molecule has 0 bridgehead atoms. The van der Waals surface area contributed by atoms with E-state index in [1.807, 2.05) is 18.2 Å². The predicted molar refractivity (Wildman–Crippen MR) is 157 cm³/mol. The molecule has 1 saturated carbocycles. The van der Waals surface area contributed by atoms with Crippen LogP contribution in [0.3, 0.4) is 0 Å². The molecule has 6 rings (SSSR count). The van der Waals surface area contributed by atoms with E-state index in [4.69, 9.17) is 15.2 Å². The molecule has 2 aromatic heterocycles. The lowest BCUT2D eigenvalue weighted by atomic mass is 9.82. The van der Waals surface area contributed by atoms with Gasteiger partial charge >= 0.3 is 0 Å². The lowest BCUT2D eigenvalue weighted by Crippen LogP contribution is -2.41. The third-order valence-corrected chi connectivity index (χ3v) is 7.93. The molecule has 1 aliphatic heterocycles. The van der Waals surface area contributed by atoms with Gasteiger partial charge in [0, 0.05) is 34.6 Å². The molecule has 0 unspecified atom stereocenters. The number of hydrogen-bond donors (Lipinski definition) is 3. The number of pyridine rings is 2. The molecule has 1 fully saturated rings. The molecule has 220 valence electrons. The fourth-order valence-corrected chi connectivity index (χ4v) is 5.01. The van der Waals surface area contributed by atoms with Crippen molar-refractivity contribution in [3.05, 3.63) is 95.7 Å². The SMILES string of the molecule is C[C@](O)(CNC(=O)c1ccc(-c2ccncc2)c(OC2CC2)c1)c1cc2c(c(-c3ccc(F)cc3)n1)OC[C@]2(C)C(N)=O. The van der Waals surface area contributed by atoms with Gasteiger partial charge in [0.25, 0.3) is 5.91 Å². The van der Waals surface area contributed by atoms with Crippen molar-refractivity contribution in [1.82, 2.24) is 15.3 Å². The van der Waals surface area contributed by atoms with Gasteiger partial charge in [-0.2, -0.15) is 0 Å². The zero-order valence-electron chi connectivity index (χ0n) is 23.8. The van der Waals surface area contributed by atoms with Crippen molar-refractivity contribution in [2.75, 3.05) is 13.2 Å². The normalized spacial score (nSPS) is 18.7. The number of halogens is 1. The number of primary amides is 1. The molecule has 2 amide bonds. The Morgan fingerprint density at radius 3 is 2.51 bits per heavy atom. The monoisotopic (exact) mass is 582 g/mol. The smallest absolute Gasteiger partial charge is 0.251 e. The number of hydrogen-bond acceptors (Lipinski definition) is 7. The number of carbonyl (C=O) groups excluding carboxylic acids is 2. The first kappa shape index (κ1) is 28.3. The van der Waals surface area contributed by atoms with Crippen molar-refractivity contribution in [1.29, 1.82) is 0 Å². The van der Waals surface area contributed by atoms with Crippen molar-refractivity contribution in [3.8, 4) is 33.9 Å². The lowest BCUT2D eigenvalue weighted by Gasteiger charge is -2.26. The summed E-state index contributed by atoms with van der Waals surface area (Å²) in [7, 11) is 0. The van der Waals surface area contributed by atoms with E-state index >= 15 is 0 Å². The Morgan fingerprint density at radius 2 is 1.84 bits per heavy atom. The van der Waals surface area contributed by atoms with Crippen molar-refractivity contribution in [2.45, 2.75) is 43.8 Å². The Balaban J connectivity index is 1.29. The Labute approximate surface area is 247 Å². The number of rotatable bonds is 9. The van der Waals surface area contributed by atoms with Gasteiger partial charge in [-0.05, 0) is 92.9 Å². The van der Waals surface area contributed by atoms with Crippen LogP contribution in [-0.4, -0.2) is 46.1 Å². The first-order valence-corrected chi connectivity index (χ1v) is 14.0. The molecule has 0 radical (unpaired) electrons. The number of aliphatic hydroxyl groups is 1. The van der Waals surface area contributed by atoms with Crippen LogP contribution in [0.15, 0.2) is 73.1 Å². The van der Waals surface area contributed by atoms with Crippen LogP contribution in [0, 0.1) is 5.82 Å². The number of ether oxygens (including phenoxy) is 2. The molecular formula is C33H31FN4O5. The second-order valence-electron chi connectivity index (χ2n) is 11.4. The molecule has 4 aromatic rings. The minimum Gasteiger partial charge on any atom is -0.490 e. The van der Waals surface area contributed by atoms with Crippen LogP contribution in [0.25, 0.3) is 22.4 Å². The molecule has 2 aromatic carbocycles. The Bertz CT molecular complexity index is 1710. The molecule has 4 N–H and O–H groups in total. The van der Waals surface area contributed by atoms with E-state index in [9.17, 15) is 19.1 Å². The molecule has 0 saturated heterocycles. The van der Waals surface area contributed by atoms with E-state index < -0.39 is 28.6 Å². The van der Waals surface area contributed by atoms with Gasteiger partial charge in [0.05, 0.1) is 18.3 Å². The molecule has 1 aliphatic carbocycles. The van der Waals surface area contributed by atoms with Gasteiger partial charge in [0.2, 0.25) is 5.91 Å². The summed E-state index contributed by atoms with van der Waals surface area (Å²) >= 11 is 0. The second-order valence-corrected chi connectivity index (χ2v) is 11.4. The van der Waals surface area contributed by atoms with E-state index in [0.717, 1.165) is 24.0 Å². The van der Waals surface area contributed by atoms with E-state index in [-0.39, 0.29) is 24.9 Å². The first-order chi connectivity index (χ1) is 20.5. The minimum absolute atomic E-state index is 0.00335. The van der Waals surface area contributed by atoms with Gasteiger partial charge in [-0.15, -0.1) is 0 Å². The topological polar surface area (TPSA) is 137 Å². The van der Waals surface area contributed by atoms with Crippen LogP contribution in [0.1, 0.15) is 48.3 Å². The number of nitrogens with zero attached hydrogens (tertiary/aromatic N) is 2. The second kappa shape index (κ2) is 10.8. The maximum Gasteiger partial charge on any atom is 0.251 e. The van der Waals surface area contributed by atoms with Crippen molar-refractivity contribution >= 4 is 11.8 Å². The molecule has 2 aliphatic rings. The molecule has 3 heterocycles. The summed E-state index contributed by atoms with van der Waals surface area (Å²) in [5.74, 6) is -0.487. The predicted octanol–water partition coefficient (Wildman–Crippen LogP) is 4.26. The van der Waals surface area contributed by atoms with Crippen LogP contribution in [0.2, 0.25) is 0 Å². The standard InChI is InChI=1S/C33H31FN4O5/c1-32(31(35)40)18-42-29-25(32)16-27(38-28(29)20-3-6-22(34)7-4-20)33(2,41)17-37-30(39)21-5-10-24(19-11-13-36-14-12-19)26(15-21)43-23-8-9-23/h3-7,10-16,23,41H,8-9,17-18H2,1-2H3,(H2,35,40)(H,37,39)/t32-,33-/m0/s1. The van der Waals surface area contributed by atoms with Crippen molar-refractivity contribution in [3.63, 3.8) is 0 Å². The zero-order chi connectivity index (χ0) is 30.4. The maximum atomic E-state index is 13.7. The fraction of sp³-hybridized carbons (Fsp3) is 0.273. The molecular weight excluding hydrogens is 551 g/mol. The van der Waals surface area contributed by atoms with Gasteiger partial charge < -0.3 is 25.6 Å². The van der Waals surface area contributed by atoms with Crippen LogP contribution in [0.5, 0.6) is 11.5 Å². The number of benzene rings is 2. The van der Waals surface area contributed by atoms with Gasteiger partial charge in [-0.1, -0.05) is 0 Å². The number of nitrogens with two attached hydrogens (primary N) is 1. The average molecular weight is 583 g/mol. The Kier molecular flexibility index (Phi) is 7.09. The van der Waals surface area contributed by atoms with Crippen molar-refractivity contribution in [2.24, 2.45) is 5.73 Å². The number of fused-ring (bicyclic) bond motifs is 1. The molecule has 9 nitrogen and oxygen atoms in total. The number of carbonyl (C=O) groups is 2. The lowest BCUT2D eigenvalue weighted by molar-refractivity contribution is -0.123. The summed E-state index contributed by atoms with van der Waals surface area (Å²) in [5, 5.41) is 14.4. The van der Waals surface area contributed by atoms with Crippen LogP contribution < -0.4 is 20.5 Å².